The third kappa shape index (κ3) is 29.3. The van der Waals surface area contributed by atoms with Gasteiger partial charge in [-0.1, -0.05) is 20.4 Å². The van der Waals surface area contributed by atoms with Crippen molar-refractivity contribution in [2.24, 2.45) is 0 Å². The van der Waals surface area contributed by atoms with Gasteiger partial charge in [-0.25, -0.2) is 0 Å². The van der Waals surface area contributed by atoms with Crippen LogP contribution >= 0.6 is 0 Å². The maximum atomic E-state index is 4.60. The van der Waals surface area contributed by atoms with Crippen molar-refractivity contribution < 1.29 is 4.74 Å². The zero-order chi connectivity index (χ0) is 6.12. The third-order valence-corrected chi connectivity index (χ3v) is 0.285. The molecule has 0 fully saturated rings. The Labute approximate surface area is 46.0 Å². The minimum absolute atomic E-state index is 0.726. The molecule has 0 amide bonds. The SMILES string of the molecule is C=COCC.CC. The van der Waals surface area contributed by atoms with E-state index in [2.05, 4.69) is 11.3 Å². The zero-order valence-electron chi connectivity index (χ0n) is 5.40. The Morgan fingerprint density at radius 1 is 1.57 bits per heavy atom. The average molecular weight is 102 g/mol. The van der Waals surface area contributed by atoms with Crippen molar-refractivity contribution in [3.05, 3.63) is 12.8 Å². The van der Waals surface area contributed by atoms with Gasteiger partial charge in [0.05, 0.1) is 12.9 Å². The topological polar surface area (TPSA) is 9.23 Å². The van der Waals surface area contributed by atoms with Gasteiger partial charge in [0.15, 0.2) is 0 Å². The maximum Gasteiger partial charge on any atom is 0.0844 e. The van der Waals surface area contributed by atoms with Crippen LogP contribution < -0.4 is 0 Å². The molecule has 0 aromatic carbocycles. The first-order valence-electron chi connectivity index (χ1n) is 2.64. The van der Waals surface area contributed by atoms with Crippen molar-refractivity contribution in [3.63, 3.8) is 0 Å². The molecule has 0 radical (unpaired) electrons. The van der Waals surface area contributed by atoms with Crippen LogP contribution in [0.25, 0.3) is 0 Å². The fourth-order valence-electron chi connectivity index (χ4n) is 0.118. The molecule has 0 aromatic rings. The summed E-state index contributed by atoms with van der Waals surface area (Å²) >= 11 is 0. The van der Waals surface area contributed by atoms with Crippen molar-refractivity contribution in [3.8, 4) is 0 Å². The molecule has 0 aromatic heterocycles. The van der Waals surface area contributed by atoms with Gasteiger partial charge in [0.1, 0.15) is 0 Å². The van der Waals surface area contributed by atoms with Crippen molar-refractivity contribution in [1.82, 2.24) is 0 Å². The third-order valence-electron chi connectivity index (χ3n) is 0.285. The number of hydrogen-bond acceptors (Lipinski definition) is 1. The van der Waals surface area contributed by atoms with Crippen LogP contribution in [0.2, 0.25) is 0 Å². The molecular formula is C6H14O. The van der Waals surface area contributed by atoms with Crippen LogP contribution in [0.4, 0.5) is 0 Å². The normalized spacial score (nSPS) is 5.57. The second kappa shape index (κ2) is 17.7. The van der Waals surface area contributed by atoms with E-state index in [4.69, 9.17) is 0 Å². The summed E-state index contributed by atoms with van der Waals surface area (Å²) in [5.41, 5.74) is 0. The van der Waals surface area contributed by atoms with Crippen LogP contribution in [-0.4, -0.2) is 6.61 Å². The second-order valence-electron chi connectivity index (χ2n) is 0.622. The lowest BCUT2D eigenvalue weighted by Crippen LogP contribution is -1.72. The van der Waals surface area contributed by atoms with E-state index in [-0.39, 0.29) is 0 Å². The van der Waals surface area contributed by atoms with Gasteiger partial charge in [0.25, 0.3) is 0 Å². The molecule has 0 N–H and O–H groups in total. The summed E-state index contributed by atoms with van der Waals surface area (Å²) in [5.74, 6) is 0. The fourth-order valence-corrected chi connectivity index (χ4v) is 0.118. The Morgan fingerprint density at radius 3 is 2.00 bits per heavy atom. The summed E-state index contributed by atoms with van der Waals surface area (Å²) in [6.45, 7) is 9.97. The van der Waals surface area contributed by atoms with Gasteiger partial charge in [0, 0.05) is 0 Å². The Morgan fingerprint density at radius 2 is 2.00 bits per heavy atom. The standard InChI is InChI=1S/C4H8O.C2H6/c1-3-5-4-2;1-2/h3H,1,4H2,2H3;1-2H3. The molecule has 7 heavy (non-hydrogen) atoms. The highest BCUT2D eigenvalue weighted by molar-refractivity contribution is 4.45. The maximum absolute atomic E-state index is 4.60. The summed E-state index contributed by atoms with van der Waals surface area (Å²) in [7, 11) is 0. The van der Waals surface area contributed by atoms with Crippen molar-refractivity contribution in [1.29, 1.82) is 0 Å². The lowest BCUT2D eigenvalue weighted by molar-refractivity contribution is 0.270. The van der Waals surface area contributed by atoms with Gasteiger partial charge in [0.2, 0.25) is 0 Å². The average Bonchev–Trinajstić information content (AvgIpc) is 1.75. The molecule has 0 rings (SSSR count). The first-order valence-corrected chi connectivity index (χ1v) is 2.64. The molecule has 44 valence electrons. The van der Waals surface area contributed by atoms with Crippen molar-refractivity contribution in [2.75, 3.05) is 6.61 Å². The van der Waals surface area contributed by atoms with E-state index < -0.39 is 0 Å². The Hall–Kier alpha value is -0.460. The molecule has 0 atom stereocenters. The first kappa shape index (κ1) is 9.74. The van der Waals surface area contributed by atoms with E-state index in [1.807, 2.05) is 20.8 Å². The quantitative estimate of drug-likeness (QED) is 0.485. The van der Waals surface area contributed by atoms with Crippen LogP contribution in [0.5, 0.6) is 0 Å². The smallest absolute Gasteiger partial charge is 0.0844 e. The summed E-state index contributed by atoms with van der Waals surface area (Å²) < 4.78 is 4.60. The fraction of sp³-hybridized carbons (Fsp3) is 0.667. The molecule has 0 unspecified atom stereocenters. The minimum atomic E-state index is 0.726. The van der Waals surface area contributed by atoms with E-state index in [0.717, 1.165) is 6.61 Å². The molecule has 0 aliphatic heterocycles. The molecule has 0 saturated heterocycles. The molecule has 1 heteroatoms. The summed E-state index contributed by atoms with van der Waals surface area (Å²) in [5, 5.41) is 0. The monoisotopic (exact) mass is 102 g/mol. The van der Waals surface area contributed by atoms with Gasteiger partial charge >= 0.3 is 0 Å². The van der Waals surface area contributed by atoms with Crippen LogP contribution in [0.1, 0.15) is 20.8 Å². The molecule has 0 heterocycles. The lowest BCUT2D eigenvalue weighted by Gasteiger charge is -1.84. The molecular weight excluding hydrogens is 88.1 g/mol. The number of ether oxygens (including phenoxy) is 1. The molecule has 0 aliphatic rings. The Balaban J connectivity index is 0. The highest BCUT2D eigenvalue weighted by Crippen LogP contribution is 1.65. The van der Waals surface area contributed by atoms with Crippen LogP contribution in [-0.2, 0) is 4.74 Å². The van der Waals surface area contributed by atoms with Gasteiger partial charge < -0.3 is 4.74 Å². The van der Waals surface area contributed by atoms with E-state index >= 15 is 0 Å². The number of rotatable bonds is 2. The van der Waals surface area contributed by atoms with Crippen LogP contribution in [0.3, 0.4) is 0 Å². The van der Waals surface area contributed by atoms with Crippen LogP contribution in [0, 0.1) is 0 Å². The van der Waals surface area contributed by atoms with Crippen molar-refractivity contribution in [2.45, 2.75) is 20.8 Å². The van der Waals surface area contributed by atoms with Gasteiger partial charge in [-0.05, 0) is 6.92 Å². The molecule has 0 saturated carbocycles. The van der Waals surface area contributed by atoms with Gasteiger partial charge in [-0.3, -0.25) is 0 Å². The highest BCUT2D eigenvalue weighted by Gasteiger charge is 1.55. The van der Waals surface area contributed by atoms with E-state index in [9.17, 15) is 0 Å². The first-order chi connectivity index (χ1) is 3.41. The largest absolute Gasteiger partial charge is 0.502 e. The molecule has 0 aliphatic carbocycles. The van der Waals surface area contributed by atoms with Crippen LogP contribution in [0.15, 0.2) is 12.8 Å². The predicted molar refractivity (Wildman–Crippen MR) is 33.2 cm³/mol. The lowest BCUT2D eigenvalue weighted by atomic mass is 10.9. The number of hydrogen-bond donors (Lipinski definition) is 0. The second-order valence-corrected chi connectivity index (χ2v) is 0.622. The predicted octanol–water partition coefficient (Wildman–Crippen LogP) is 2.19. The summed E-state index contributed by atoms with van der Waals surface area (Å²) in [4.78, 5) is 0. The molecule has 0 bridgehead atoms. The Bertz CT molecular complexity index is 25.4. The highest BCUT2D eigenvalue weighted by atomic mass is 16.5. The minimum Gasteiger partial charge on any atom is -0.502 e. The Kier molecular flexibility index (Phi) is 24.6. The van der Waals surface area contributed by atoms with Gasteiger partial charge in [-0.15, -0.1) is 0 Å². The van der Waals surface area contributed by atoms with Crippen molar-refractivity contribution >= 4 is 0 Å². The molecule has 1 nitrogen and oxygen atoms in total. The summed E-state index contributed by atoms with van der Waals surface area (Å²) in [6, 6.07) is 0. The zero-order valence-corrected chi connectivity index (χ0v) is 5.40. The summed E-state index contributed by atoms with van der Waals surface area (Å²) in [6.07, 6.45) is 1.43. The van der Waals surface area contributed by atoms with E-state index in [1.165, 1.54) is 6.26 Å². The van der Waals surface area contributed by atoms with Gasteiger partial charge in [-0.2, -0.15) is 0 Å². The van der Waals surface area contributed by atoms with E-state index in [0.29, 0.717) is 0 Å². The van der Waals surface area contributed by atoms with E-state index in [1.54, 1.807) is 0 Å². The molecule has 0 spiro atoms.